The van der Waals surface area contributed by atoms with Crippen LogP contribution in [0.4, 0.5) is 8.78 Å². The molecule has 0 aliphatic heterocycles. The second kappa shape index (κ2) is 8.28. The molecule has 3 rings (SSSR count). The molecule has 29 heavy (non-hydrogen) atoms. The Labute approximate surface area is 169 Å². The van der Waals surface area contributed by atoms with Gasteiger partial charge in [0.15, 0.2) is 5.60 Å². The third-order valence-corrected chi connectivity index (χ3v) is 6.37. The van der Waals surface area contributed by atoms with Crippen LogP contribution in [0.1, 0.15) is 81.5 Å². The van der Waals surface area contributed by atoms with Crippen molar-refractivity contribution in [3.05, 3.63) is 29.8 Å². The molecule has 1 aromatic rings. The van der Waals surface area contributed by atoms with E-state index in [2.05, 4.69) is 6.92 Å². The van der Waals surface area contributed by atoms with Gasteiger partial charge >= 0.3 is 17.9 Å². The lowest BCUT2D eigenvalue weighted by Gasteiger charge is -2.40. The van der Waals surface area contributed by atoms with Gasteiger partial charge in [-0.3, -0.25) is 0 Å². The van der Waals surface area contributed by atoms with Crippen LogP contribution in [0, 0.1) is 0 Å². The van der Waals surface area contributed by atoms with E-state index in [1.807, 2.05) is 0 Å². The van der Waals surface area contributed by atoms with Crippen molar-refractivity contribution in [3.63, 3.8) is 0 Å². The van der Waals surface area contributed by atoms with Crippen molar-refractivity contribution in [3.8, 4) is 5.75 Å². The lowest BCUT2D eigenvalue weighted by molar-refractivity contribution is -0.215. The molecule has 0 saturated heterocycles. The number of carboxylic acid groups (broad SMARTS) is 1. The largest absolute Gasteiger partial charge is 0.487 e. The van der Waals surface area contributed by atoms with Crippen molar-refractivity contribution >= 4 is 11.9 Å². The number of rotatable bonds is 7. The fraction of sp³-hybridized carbons (Fsp3) is 0.636. The topological polar surface area (TPSA) is 72.8 Å². The predicted molar refractivity (Wildman–Crippen MR) is 102 cm³/mol. The monoisotopic (exact) mass is 410 g/mol. The number of hydrogen-bond donors (Lipinski definition) is 1. The zero-order valence-corrected chi connectivity index (χ0v) is 16.7. The number of hydrogen-bond acceptors (Lipinski definition) is 4. The first-order valence-electron chi connectivity index (χ1n) is 10.4. The van der Waals surface area contributed by atoms with E-state index in [1.54, 1.807) is 12.1 Å². The Kier molecular flexibility index (Phi) is 6.15. The normalized spacial score (nSPS) is 20.8. The second-order valence-corrected chi connectivity index (χ2v) is 8.19. The Balaban J connectivity index is 1.74. The summed E-state index contributed by atoms with van der Waals surface area (Å²) in [6, 6.07) is 6.22. The number of carbonyl (C=O) groups excluding carboxylic acids is 1. The minimum Gasteiger partial charge on any atom is -0.487 e. The summed E-state index contributed by atoms with van der Waals surface area (Å²) in [6.07, 6.45) is 6.26. The van der Waals surface area contributed by atoms with E-state index < -0.39 is 23.5 Å². The van der Waals surface area contributed by atoms with Crippen molar-refractivity contribution in [2.75, 3.05) is 0 Å². The highest BCUT2D eigenvalue weighted by Crippen LogP contribution is 2.44. The Bertz CT molecular complexity index is 732. The van der Waals surface area contributed by atoms with Crippen LogP contribution >= 0.6 is 0 Å². The third kappa shape index (κ3) is 4.23. The molecule has 2 saturated carbocycles. The fourth-order valence-corrected chi connectivity index (χ4v) is 4.49. The summed E-state index contributed by atoms with van der Waals surface area (Å²) in [5, 5.41) is 9.00. The summed E-state index contributed by atoms with van der Waals surface area (Å²) in [5.41, 5.74) is -2.39. The van der Waals surface area contributed by atoms with Gasteiger partial charge in [0.2, 0.25) is 0 Å². The summed E-state index contributed by atoms with van der Waals surface area (Å²) in [6.45, 7) is 2.09. The first-order chi connectivity index (χ1) is 13.7. The molecule has 7 heteroatoms. The molecule has 0 spiro atoms. The number of halogens is 2. The molecule has 0 unspecified atom stereocenters. The maximum absolute atomic E-state index is 14.4. The number of alkyl halides is 2. The number of carbonyl (C=O) groups is 2. The lowest BCUT2D eigenvalue weighted by Crippen LogP contribution is -2.56. The third-order valence-electron chi connectivity index (χ3n) is 6.37. The summed E-state index contributed by atoms with van der Waals surface area (Å²) in [5.74, 6) is -6.72. The van der Waals surface area contributed by atoms with Crippen LogP contribution < -0.4 is 4.74 Å². The van der Waals surface area contributed by atoms with Crippen molar-refractivity contribution in [1.82, 2.24) is 0 Å². The maximum atomic E-state index is 14.4. The first kappa shape index (κ1) is 21.5. The van der Waals surface area contributed by atoms with E-state index in [4.69, 9.17) is 14.6 Å². The predicted octanol–water partition coefficient (Wildman–Crippen LogP) is 5.37. The van der Waals surface area contributed by atoms with Crippen LogP contribution in [-0.2, 0) is 9.53 Å². The summed E-state index contributed by atoms with van der Waals surface area (Å²) >= 11 is 0. The van der Waals surface area contributed by atoms with Crippen LogP contribution in [0.15, 0.2) is 24.3 Å². The van der Waals surface area contributed by atoms with E-state index in [0.29, 0.717) is 25.0 Å². The Morgan fingerprint density at radius 3 is 2.07 bits per heavy atom. The van der Waals surface area contributed by atoms with Crippen molar-refractivity contribution in [2.24, 2.45) is 0 Å². The summed E-state index contributed by atoms with van der Waals surface area (Å²) < 4.78 is 40.2. The average Bonchev–Trinajstić information content (AvgIpc) is 3.18. The molecule has 0 bridgehead atoms. The van der Waals surface area contributed by atoms with Crippen LogP contribution in [-0.4, -0.2) is 34.2 Å². The zero-order valence-electron chi connectivity index (χ0n) is 16.7. The first-order valence-corrected chi connectivity index (χ1v) is 10.4. The van der Waals surface area contributed by atoms with Gasteiger partial charge in [-0.15, -0.1) is 0 Å². The quantitative estimate of drug-likeness (QED) is 0.612. The van der Waals surface area contributed by atoms with Gasteiger partial charge in [-0.2, -0.15) is 8.78 Å². The number of carboxylic acids is 1. The number of esters is 1. The Morgan fingerprint density at radius 1 is 1.00 bits per heavy atom. The molecule has 0 amide bonds. The smallest absolute Gasteiger partial charge is 0.381 e. The van der Waals surface area contributed by atoms with Crippen molar-refractivity contribution in [1.29, 1.82) is 0 Å². The van der Waals surface area contributed by atoms with E-state index in [0.717, 1.165) is 32.1 Å². The van der Waals surface area contributed by atoms with Gasteiger partial charge in [0.05, 0.1) is 5.56 Å². The van der Waals surface area contributed by atoms with Gasteiger partial charge in [0.25, 0.3) is 0 Å². The van der Waals surface area contributed by atoms with Crippen LogP contribution in [0.2, 0.25) is 0 Å². The minimum absolute atomic E-state index is 0.0976. The molecule has 0 aromatic heterocycles. The molecular weight excluding hydrogens is 382 g/mol. The second-order valence-electron chi connectivity index (χ2n) is 8.19. The molecule has 2 aliphatic carbocycles. The highest BCUT2D eigenvalue weighted by Gasteiger charge is 2.62. The number of ether oxygens (including phenoxy) is 2. The lowest BCUT2D eigenvalue weighted by atomic mass is 9.79. The standard InChI is InChI=1S/C22H28F2O5/c1-2-20(12-6-7-13-20)28-17-10-8-16(9-11-17)18(25)29-21(14-4-3-5-15-21)22(23,24)19(26)27/h8-11H,2-7,12-15H2,1H3,(H,26,27). The number of aliphatic carboxylic acids is 1. The molecule has 0 radical (unpaired) electrons. The van der Waals surface area contributed by atoms with Crippen LogP contribution in [0.25, 0.3) is 0 Å². The van der Waals surface area contributed by atoms with Crippen molar-refractivity contribution in [2.45, 2.75) is 88.3 Å². The van der Waals surface area contributed by atoms with Gasteiger partial charge < -0.3 is 14.6 Å². The highest BCUT2D eigenvalue weighted by atomic mass is 19.3. The van der Waals surface area contributed by atoms with E-state index >= 15 is 0 Å². The van der Waals surface area contributed by atoms with Crippen LogP contribution in [0.5, 0.6) is 5.75 Å². The van der Waals surface area contributed by atoms with Crippen LogP contribution in [0.3, 0.4) is 0 Å². The SMILES string of the molecule is CCC1(Oc2ccc(C(=O)OC3(C(F)(F)C(=O)O)CCCCC3)cc2)CCCC1. The van der Waals surface area contributed by atoms with Gasteiger partial charge in [-0.1, -0.05) is 13.3 Å². The van der Waals surface area contributed by atoms with E-state index in [9.17, 15) is 18.4 Å². The summed E-state index contributed by atoms with van der Waals surface area (Å²) in [4.78, 5) is 23.7. The highest BCUT2D eigenvalue weighted by molar-refractivity contribution is 5.90. The average molecular weight is 410 g/mol. The van der Waals surface area contributed by atoms with Gasteiger partial charge in [-0.25, -0.2) is 9.59 Å². The van der Waals surface area contributed by atoms with Gasteiger partial charge in [0.1, 0.15) is 11.4 Å². The molecular formula is C22H28F2O5. The van der Waals surface area contributed by atoms with Gasteiger partial charge in [0, 0.05) is 0 Å². The van der Waals surface area contributed by atoms with Gasteiger partial charge in [-0.05, 0) is 82.1 Å². The van der Waals surface area contributed by atoms with E-state index in [1.165, 1.54) is 12.1 Å². The Hall–Kier alpha value is -2.18. The molecule has 2 fully saturated rings. The Morgan fingerprint density at radius 2 is 1.55 bits per heavy atom. The number of benzene rings is 1. The minimum atomic E-state index is -4.14. The maximum Gasteiger partial charge on any atom is 0.381 e. The van der Waals surface area contributed by atoms with E-state index in [-0.39, 0.29) is 24.0 Å². The molecule has 0 atom stereocenters. The molecule has 1 aromatic carbocycles. The molecule has 1 N–H and O–H groups in total. The molecule has 160 valence electrons. The summed E-state index contributed by atoms with van der Waals surface area (Å²) in [7, 11) is 0. The molecule has 5 nitrogen and oxygen atoms in total. The molecule has 0 heterocycles. The molecule has 2 aliphatic rings. The fourth-order valence-electron chi connectivity index (χ4n) is 4.49. The van der Waals surface area contributed by atoms with Crippen molar-refractivity contribution < 1.29 is 33.0 Å². The zero-order chi connectivity index (χ0) is 21.1.